The summed E-state index contributed by atoms with van der Waals surface area (Å²) in [7, 11) is 0. The number of hydrogen-bond donors (Lipinski definition) is 1. The Morgan fingerprint density at radius 1 is 1.55 bits per heavy atom. The molecule has 5 nitrogen and oxygen atoms in total. The van der Waals surface area contributed by atoms with Crippen LogP contribution in [0.1, 0.15) is 39.2 Å². The molecule has 22 heavy (non-hydrogen) atoms. The van der Waals surface area contributed by atoms with Crippen LogP contribution < -0.4 is 5.32 Å². The van der Waals surface area contributed by atoms with E-state index in [9.17, 15) is 4.79 Å². The molecule has 0 radical (unpaired) electrons. The zero-order valence-electron chi connectivity index (χ0n) is 12.8. The summed E-state index contributed by atoms with van der Waals surface area (Å²) in [4.78, 5) is 13.2. The summed E-state index contributed by atoms with van der Waals surface area (Å²) in [6.07, 6.45) is 3.28. The van der Waals surface area contributed by atoms with Crippen LogP contribution in [-0.2, 0) is 4.79 Å². The first kappa shape index (κ1) is 15.6. The maximum Gasteiger partial charge on any atom is 0.233 e. The summed E-state index contributed by atoms with van der Waals surface area (Å²) in [5, 5.41) is 14.4. The molecule has 0 bridgehead atoms. The van der Waals surface area contributed by atoms with Gasteiger partial charge in [0.05, 0.1) is 10.1 Å². The van der Waals surface area contributed by atoms with E-state index in [2.05, 4.69) is 38.5 Å². The Labute approximate surface area is 138 Å². The van der Waals surface area contributed by atoms with E-state index < -0.39 is 0 Å². The first-order valence-electron chi connectivity index (χ1n) is 7.63. The lowest BCUT2D eigenvalue weighted by Gasteiger charge is -2.12. The van der Waals surface area contributed by atoms with Crippen molar-refractivity contribution < 1.29 is 4.79 Å². The van der Waals surface area contributed by atoms with Crippen molar-refractivity contribution in [1.82, 2.24) is 20.1 Å². The number of rotatable bonds is 7. The second kappa shape index (κ2) is 6.83. The monoisotopic (exact) mass is 336 g/mol. The van der Waals surface area contributed by atoms with Crippen molar-refractivity contribution in [1.29, 1.82) is 0 Å². The summed E-state index contributed by atoms with van der Waals surface area (Å²) < 4.78 is 2.21. The SMILES string of the molecule is CCCNC(=O)C(C)Sc1nnc(-c2cccs2)n1C1CC1. The Kier molecular flexibility index (Phi) is 4.83. The third-order valence-corrected chi connectivity index (χ3v) is 5.44. The van der Waals surface area contributed by atoms with Crippen molar-refractivity contribution in [3.8, 4) is 10.7 Å². The number of carbonyl (C=O) groups excluding carboxylic acids is 1. The molecule has 0 saturated heterocycles. The number of amides is 1. The summed E-state index contributed by atoms with van der Waals surface area (Å²) in [5.74, 6) is 0.996. The lowest BCUT2D eigenvalue weighted by atomic mass is 10.4. The second-order valence-corrected chi connectivity index (χ2v) is 7.69. The van der Waals surface area contributed by atoms with E-state index in [1.165, 1.54) is 24.6 Å². The lowest BCUT2D eigenvalue weighted by Crippen LogP contribution is -2.31. The predicted molar refractivity (Wildman–Crippen MR) is 90.2 cm³/mol. The van der Waals surface area contributed by atoms with E-state index in [4.69, 9.17) is 0 Å². The van der Waals surface area contributed by atoms with Gasteiger partial charge in [0, 0.05) is 12.6 Å². The molecule has 2 aromatic heterocycles. The minimum Gasteiger partial charge on any atom is -0.355 e. The van der Waals surface area contributed by atoms with Crippen LogP contribution >= 0.6 is 23.1 Å². The van der Waals surface area contributed by atoms with Gasteiger partial charge in [-0.3, -0.25) is 9.36 Å². The highest BCUT2D eigenvalue weighted by atomic mass is 32.2. The van der Waals surface area contributed by atoms with Gasteiger partial charge >= 0.3 is 0 Å². The Balaban J connectivity index is 1.78. The molecule has 1 saturated carbocycles. The van der Waals surface area contributed by atoms with E-state index in [1.54, 1.807) is 11.3 Å². The van der Waals surface area contributed by atoms with Gasteiger partial charge in [0.1, 0.15) is 0 Å². The summed E-state index contributed by atoms with van der Waals surface area (Å²) in [6.45, 7) is 4.70. The molecule has 1 N–H and O–H groups in total. The van der Waals surface area contributed by atoms with Crippen molar-refractivity contribution in [2.75, 3.05) is 6.54 Å². The predicted octanol–water partition coefficient (Wildman–Crippen LogP) is 3.35. The number of aromatic nitrogens is 3. The summed E-state index contributed by atoms with van der Waals surface area (Å²) >= 11 is 3.17. The Bertz CT molecular complexity index is 634. The number of carbonyl (C=O) groups is 1. The maximum atomic E-state index is 12.1. The average Bonchev–Trinajstić information content (AvgIpc) is 3.04. The fraction of sp³-hybridized carbons (Fsp3) is 0.533. The molecule has 3 rings (SSSR count). The fourth-order valence-electron chi connectivity index (χ4n) is 2.20. The van der Waals surface area contributed by atoms with Crippen LogP contribution in [0.5, 0.6) is 0 Å². The molecular formula is C15H20N4OS2. The van der Waals surface area contributed by atoms with Crippen molar-refractivity contribution in [2.24, 2.45) is 0 Å². The normalized spacial score (nSPS) is 15.7. The Hall–Kier alpha value is -1.34. The van der Waals surface area contributed by atoms with Gasteiger partial charge in [-0.05, 0) is 37.6 Å². The third kappa shape index (κ3) is 3.35. The molecule has 1 amide bonds. The summed E-state index contributed by atoms with van der Waals surface area (Å²) in [6, 6.07) is 4.58. The van der Waals surface area contributed by atoms with Crippen molar-refractivity contribution in [3.63, 3.8) is 0 Å². The maximum absolute atomic E-state index is 12.1. The lowest BCUT2D eigenvalue weighted by molar-refractivity contribution is -0.120. The quantitative estimate of drug-likeness (QED) is 0.788. The van der Waals surface area contributed by atoms with Crippen molar-refractivity contribution >= 4 is 29.0 Å². The zero-order valence-corrected chi connectivity index (χ0v) is 14.4. The molecule has 2 aromatic rings. The van der Waals surface area contributed by atoms with Gasteiger partial charge in [0.2, 0.25) is 5.91 Å². The van der Waals surface area contributed by atoms with E-state index in [-0.39, 0.29) is 11.2 Å². The first-order chi connectivity index (χ1) is 10.7. The fourth-order valence-corrected chi connectivity index (χ4v) is 3.85. The van der Waals surface area contributed by atoms with E-state index in [1.807, 2.05) is 13.0 Å². The Morgan fingerprint density at radius 2 is 2.36 bits per heavy atom. The molecule has 1 aliphatic carbocycles. The highest BCUT2D eigenvalue weighted by Gasteiger charge is 2.31. The molecule has 0 aliphatic heterocycles. The topological polar surface area (TPSA) is 59.8 Å². The molecule has 1 fully saturated rings. The van der Waals surface area contributed by atoms with Gasteiger partial charge in [-0.15, -0.1) is 21.5 Å². The molecular weight excluding hydrogens is 316 g/mol. The van der Waals surface area contributed by atoms with Crippen LogP contribution in [-0.4, -0.2) is 32.5 Å². The van der Waals surface area contributed by atoms with Crippen LogP contribution in [0.3, 0.4) is 0 Å². The number of nitrogens with one attached hydrogen (secondary N) is 1. The average molecular weight is 336 g/mol. The smallest absolute Gasteiger partial charge is 0.233 e. The highest BCUT2D eigenvalue weighted by molar-refractivity contribution is 8.00. The molecule has 7 heteroatoms. The number of hydrogen-bond acceptors (Lipinski definition) is 5. The van der Waals surface area contributed by atoms with Crippen molar-refractivity contribution in [3.05, 3.63) is 17.5 Å². The van der Waals surface area contributed by atoms with Gasteiger partial charge in [0.15, 0.2) is 11.0 Å². The molecule has 1 atom stereocenters. The van der Waals surface area contributed by atoms with Crippen LogP contribution in [0.15, 0.2) is 22.7 Å². The highest BCUT2D eigenvalue weighted by Crippen LogP contribution is 2.42. The minimum absolute atomic E-state index is 0.0647. The van der Waals surface area contributed by atoms with E-state index in [0.29, 0.717) is 6.04 Å². The Morgan fingerprint density at radius 3 is 3.00 bits per heavy atom. The third-order valence-electron chi connectivity index (χ3n) is 3.52. The molecule has 0 aromatic carbocycles. The van der Waals surface area contributed by atoms with Crippen LogP contribution in [0.2, 0.25) is 0 Å². The van der Waals surface area contributed by atoms with Gasteiger partial charge in [-0.2, -0.15) is 0 Å². The zero-order chi connectivity index (χ0) is 15.5. The molecule has 1 unspecified atom stereocenters. The second-order valence-electron chi connectivity index (χ2n) is 5.44. The van der Waals surface area contributed by atoms with Gasteiger partial charge in [-0.1, -0.05) is 24.8 Å². The van der Waals surface area contributed by atoms with Crippen molar-refractivity contribution in [2.45, 2.75) is 49.6 Å². The molecule has 0 spiro atoms. The first-order valence-corrected chi connectivity index (χ1v) is 9.39. The van der Waals surface area contributed by atoms with Gasteiger partial charge < -0.3 is 5.32 Å². The number of nitrogens with zero attached hydrogens (tertiary/aromatic N) is 3. The minimum atomic E-state index is -0.163. The number of thiophene rings is 1. The summed E-state index contributed by atoms with van der Waals surface area (Å²) in [5.41, 5.74) is 0. The largest absolute Gasteiger partial charge is 0.355 e. The van der Waals surface area contributed by atoms with E-state index in [0.717, 1.165) is 28.8 Å². The number of thioether (sulfide) groups is 1. The molecule has 1 aliphatic rings. The van der Waals surface area contributed by atoms with Crippen LogP contribution in [0.25, 0.3) is 10.7 Å². The molecule has 2 heterocycles. The van der Waals surface area contributed by atoms with Gasteiger partial charge in [0.25, 0.3) is 0 Å². The van der Waals surface area contributed by atoms with Crippen LogP contribution in [0.4, 0.5) is 0 Å². The van der Waals surface area contributed by atoms with Gasteiger partial charge in [-0.25, -0.2) is 0 Å². The standard InChI is InChI=1S/C15H20N4OS2/c1-3-8-16-14(20)10(2)22-15-18-17-13(12-5-4-9-21-12)19(15)11-6-7-11/h4-5,9-11H,3,6-8H2,1-2H3,(H,16,20). The molecule has 118 valence electrons. The van der Waals surface area contributed by atoms with Crippen LogP contribution in [0, 0.1) is 0 Å². The van der Waals surface area contributed by atoms with E-state index >= 15 is 0 Å².